The normalized spacial score (nSPS) is 13.5. The van der Waals surface area contributed by atoms with Crippen molar-refractivity contribution >= 4 is 11.3 Å². The third-order valence-corrected chi connectivity index (χ3v) is 4.56. The van der Waals surface area contributed by atoms with Gasteiger partial charge in [-0.15, -0.1) is 11.3 Å². The highest BCUT2D eigenvalue weighted by Gasteiger charge is 2.21. The molecule has 1 atom stereocenters. The van der Waals surface area contributed by atoms with E-state index in [1.807, 2.05) is 19.3 Å². The van der Waals surface area contributed by atoms with E-state index in [2.05, 4.69) is 63.9 Å². The van der Waals surface area contributed by atoms with Gasteiger partial charge < -0.3 is 4.57 Å². The van der Waals surface area contributed by atoms with Crippen LogP contribution in [0.5, 0.6) is 0 Å². The molecule has 0 saturated carbocycles. The predicted molar refractivity (Wildman–Crippen MR) is 89.2 cm³/mol. The smallest absolute Gasteiger partial charge is 0.161 e. The van der Waals surface area contributed by atoms with Crippen molar-refractivity contribution in [3.63, 3.8) is 0 Å². The van der Waals surface area contributed by atoms with Crippen LogP contribution in [0.4, 0.5) is 0 Å². The summed E-state index contributed by atoms with van der Waals surface area (Å²) >= 11 is 1.67. The molecule has 0 saturated heterocycles. The van der Waals surface area contributed by atoms with Gasteiger partial charge in [-0.25, -0.2) is 9.97 Å². The number of aryl methyl sites for hydroxylation is 1. The molecule has 0 bridgehead atoms. The molecule has 3 rings (SSSR count). The average molecular weight is 315 g/mol. The van der Waals surface area contributed by atoms with Gasteiger partial charge in [-0.05, 0) is 19.9 Å². The Bertz CT molecular complexity index is 774. The maximum atomic E-state index is 4.59. The van der Waals surface area contributed by atoms with Gasteiger partial charge in [-0.2, -0.15) is 5.10 Å². The Hall–Kier alpha value is -1.95. The van der Waals surface area contributed by atoms with Gasteiger partial charge >= 0.3 is 0 Å². The third kappa shape index (κ3) is 2.70. The molecule has 3 aromatic rings. The first kappa shape index (κ1) is 15.0. The van der Waals surface area contributed by atoms with Gasteiger partial charge in [0.2, 0.25) is 0 Å². The molecule has 0 aromatic carbocycles. The van der Waals surface area contributed by atoms with E-state index in [9.17, 15) is 0 Å². The number of H-pyrrole nitrogens is 1. The summed E-state index contributed by atoms with van der Waals surface area (Å²) in [5.41, 5.74) is 3.08. The molecule has 0 radical (unpaired) electrons. The molecule has 0 fully saturated rings. The minimum Gasteiger partial charge on any atom is -0.321 e. The van der Waals surface area contributed by atoms with Gasteiger partial charge in [0.25, 0.3) is 0 Å². The fourth-order valence-electron chi connectivity index (χ4n) is 2.36. The Morgan fingerprint density at radius 1 is 1.32 bits per heavy atom. The van der Waals surface area contributed by atoms with Gasteiger partial charge in [-0.3, -0.25) is 5.10 Å². The van der Waals surface area contributed by atoms with Crippen molar-refractivity contribution in [3.8, 4) is 11.5 Å². The first-order chi connectivity index (χ1) is 10.4. The molecule has 0 aliphatic carbocycles. The molecule has 0 amide bonds. The van der Waals surface area contributed by atoms with Crippen LogP contribution in [-0.2, 0) is 5.41 Å². The molecular formula is C16H21N5S. The highest BCUT2D eigenvalue weighted by atomic mass is 32.1. The molecule has 22 heavy (non-hydrogen) atoms. The second-order valence-electron chi connectivity index (χ2n) is 6.54. The molecule has 3 aromatic heterocycles. The average Bonchev–Trinajstić information content (AvgIpc) is 3.16. The minimum absolute atomic E-state index is 0.0420. The first-order valence-electron chi connectivity index (χ1n) is 7.37. The first-order valence-corrected chi connectivity index (χ1v) is 8.25. The number of aromatic nitrogens is 5. The second-order valence-corrected chi connectivity index (χ2v) is 7.60. The maximum Gasteiger partial charge on any atom is 0.161 e. The van der Waals surface area contributed by atoms with E-state index >= 15 is 0 Å². The molecule has 3 heterocycles. The van der Waals surface area contributed by atoms with Gasteiger partial charge in [0, 0.05) is 28.9 Å². The Labute approximate surface area is 134 Å². The van der Waals surface area contributed by atoms with Crippen molar-refractivity contribution < 1.29 is 0 Å². The minimum atomic E-state index is 0.0420. The number of thiazole rings is 1. The zero-order valence-electron chi connectivity index (χ0n) is 13.6. The van der Waals surface area contributed by atoms with Crippen molar-refractivity contribution in [1.29, 1.82) is 0 Å². The molecule has 1 N–H and O–H groups in total. The van der Waals surface area contributed by atoms with Crippen LogP contribution in [-0.4, -0.2) is 24.7 Å². The largest absolute Gasteiger partial charge is 0.321 e. The zero-order valence-corrected chi connectivity index (χ0v) is 14.4. The van der Waals surface area contributed by atoms with E-state index in [1.165, 1.54) is 0 Å². The summed E-state index contributed by atoms with van der Waals surface area (Å²) in [6.45, 7) is 10.7. The number of aromatic amines is 1. The van der Waals surface area contributed by atoms with Gasteiger partial charge in [-0.1, -0.05) is 20.8 Å². The number of nitrogens with zero attached hydrogens (tertiary/aromatic N) is 4. The van der Waals surface area contributed by atoms with Crippen LogP contribution >= 0.6 is 11.3 Å². The van der Waals surface area contributed by atoms with Crippen molar-refractivity contribution in [2.24, 2.45) is 0 Å². The van der Waals surface area contributed by atoms with E-state index in [-0.39, 0.29) is 11.5 Å². The topological polar surface area (TPSA) is 59.4 Å². The van der Waals surface area contributed by atoms with Crippen molar-refractivity contribution in [2.45, 2.75) is 46.1 Å². The summed E-state index contributed by atoms with van der Waals surface area (Å²) in [6.07, 6.45) is 3.80. The quantitative estimate of drug-likeness (QED) is 0.796. The number of imidazole rings is 1. The SMILES string of the molecule is Cc1nc(C(C)n2ccnc2-c2cc(C(C)(C)C)[nH]n2)cs1. The molecule has 0 aliphatic heterocycles. The van der Waals surface area contributed by atoms with Crippen molar-refractivity contribution in [2.75, 3.05) is 0 Å². The van der Waals surface area contributed by atoms with Crippen LogP contribution in [0.25, 0.3) is 11.5 Å². The van der Waals surface area contributed by atoms with Gasteiger partial charge in [0.05, 0.1) is 16.7 Å². The summed E-state index contributed by atoms with van der Waals surface area (Å²) in [7, 11) is 0. The van der Waals surface area contributed by atoms with Crippen LogP contribution in [0.2, 0.25) is 0 Å². The summed E-state index contributed by atoms with van der Waals surface area (Å²) in [6, 6.07) is 2.22. The summed E-state index contributed by atoms with van der Waals surface area (Å²) < 4.78 is 2.12. The zero-order chi connectivity index (χ0) is 15.9. The van der Waals surface area contributed by atoms with E-state index in [4.69, 9.17) is 0 Å². The fraction of sp³-hybridized carbons (Fsp3) is 0.438. The lowest BCUT2D eigenvalue weighted by molar-refractivity contribution is 0.567. The van der Waals surface area contributed by atoms with E-state index < -0.39 is 0 Å². The number of hydrogen-bond acceptors (Lipinski definition) is 4. The number of rotatable bonds is 3. The van der Waals surface area contributed by atoms with Crippen LogP contribution in [0.15, 0.2) is 23.8 Å². The molecule has 116 valence electrons. The van der Waals surface area contributed by atoms with E-state index in [1.54, 1.807) is 11.3 Å². The second kappa shape index (κ2) is 5.35. The number of hydrogen-bond donors (Lipinski definition) is 1. The standard InChI is InChI=1S/C16H21N5S/c1-10(13-9-22-11(2)18-13)21-7-6-17-15(21)12-8-14(20-19-12)16(3,4)5/h6-10H,1-5H3,(H,19,20). The monoisotopic (exact) mass is 315 g/mol. The fourth-order valence-corrected chi connectivity index (χ4v) is 3.06. The van der Waals surface area contributed by atoms with Crippen LogP contribution in [0.1, 0.15) is 50.1 Å². The highest BCUT2D eigenvalue weighted by Crippen LogP contribution is 2.28. The Balaban J connectivity index is 1.97. The molecule has 0 aliphatic rings. The molecule has 5 nitrogen and oxygen atoms in total. The summed E-state index contributed by atoms with van der Waals surface area (Å²) in [5.74, 6) is 0.866. The Morgan fingerprint density at radius 2 is 2.09 bits per heavy atom. The van der Waals surface area contributed by atoms with Crippen LogP contribution < -0.4 is 0 Å². The van der Waals surface area contributed by atoms with Crippen LogP contribution in [0.3, 0.4) is 0 Å². The van der Waals surface area contributed by atoms with Crippen molar-refractivity contribution in [3.05, 3.63) is 40.2 Å². The lowest BCUT2D eigenvalue weighted by Gasteiger charge is -2.15. The highest BCUT2D eigenvalue weighted by molar-refractivity contribution is 7.09. The number of nitrogens with one attached hydrogen (secondary N) is 1. The molecular weight excluding hydrogens is 294 g/mol. The Morgan fingerprint density at radius 3 is 2.68 bits per heavy atom. The van der Waals surface area contributed by atoms with Gasteiger partial charge in [0.1, 0.15) is 5.69 Å². The molecule has 1 unspecified atom stereocenters. The van der Waals surface area contributed by atoms with E-state index in [0.29, 0.717) is 0 Å². The van der Waals surface area contributed by atoms with Crippen molar-refractivity contribution in [1.82, 2.24) is 24.7 Å². The van der Waals surface area contributed by atoms with Crippen LogP contribution in [0, 0.1) is 6.92 Å². The maximum absolute atomic E-state index is 4.59. The predicted octanol–water partition coefficient (Wildman–Crippen LogP) is 3.94. The lowest BCUT2D eigenvalue weighted by Crippen LogP contribution is -2.11. The Kier molecular flexibility index (Phi) is 3.64. The van der Waals surface area contributed by atoms with Gasteiger partial charge in [0.15, 0.2) is 5.82 Å². The summed E-state index contributed by atoms with van der Waals surface area (Å²) in [4.78, 5) is 9.08. The summed E-state index contributed by atoms with van der Waals surface area (Å²) in [5, 5.41) is 10.8. The molecule has 6 heteroatoms. The van der Waals surface area contributed by atoms with E-state index in [0.717, 1.165) is 27.9 Å². The molecule has 0 spiro atoms. The lowest BCUT2D eigenvalue weighted by atomic mass is 9.92. The third-order valence-electron chi connectivity index (χ3n) is 3.77.